The molecule has 2 rings (SSSR count). The Labute approximate surface area is 120 Å². The molecule has 4 nitrogen and oxygen atoms in total. The molecule has 1 aliphatic heterocycles. The zero-order valence-electron chi connectivity index (χ0n) is 11.6. The van der Waals surface area contributed by atoms with Gasteiger partial charge in [-0.15, -0.1) is 11.3 Å². The van der Waals surface area contributed by atoms with Gasteiger partial charge in [0.2, 0.25) is 0 Å². The quantitative estimate of drug-likeness (QED) is 0.571. The molecular weight excluding hydrogens is 256 g/mol. The van der Waals surface area contributed by atoms with Gasteiger partial charge in [-0.25, -0.2) is 0 Å². The Morgan fingerprint density at radius 1 is 0.632 bits per heavy atom. The van der Waals surface area contributed by atoms with Crippen molar-refractivity contribution < 1.29 is 0 Å². The third kappa shape index (κ3) is 6.49. The van der Waals surface area contributed by atoms with Gasteiger partial charge in [-0.3, -0.25) is 0 Å². The molecule has 0 unspecified atom stereocenters. The van der Waals surface area contributed by atoms with Gasteiger partial charge in [-0.05, 0) is 51.2 Å². The second-order valence-electron chi connectivity index (χ2n) is 4.93. The van der Waals surface area contributed by atoms with Gasteiger partial charge in [-0.1, -0.05) is 0 Å². The van der Waals surface area contributed by atoms with E-state index in [1.54, 1.807) is 0 Å². The van der Waals surface area contributed by atoms with E-state index in [0.29, 0.717) is 0 Å². The summed E-state index contributed by atoms with van der Waals surface area (Å²) < 4.78 is 0. The van der Waals surface area contributed by atoms with Crippen molar-refractivity contribution in [3.05, 3.63) is 21.9 Å². The first kappa shape index (κ1) is 14.9. The first-order valence-corrected chi connectivity index (χ1v) is 8.17. The standard InChI is InChI=1S/C14H26N4S/c1-5-15-9-10-16-6-2-8-18-12-14-4-3-13(19-14)11-17-7-1/h3-4,15-18H,1-2,5-12H2. The van der Waals surface area contributed by atoms with Crippen LogP contribution in [0.1, 0.15) is 22.6 Å². The molecule has 0 aromatic carbocycles. The van der Waals surface area contributed by atoms with Crippen molar-refractivity contribution >= 4 is 11.3 Å². The summed E-state index contributed by atoms with van der Waals surface area (Å²) in [6, 6.07) is 4.50. The molecule has 1 aromatic rings. The van der Waals surface area contributed by atoms with Crippen molar-refractivity contribution in [3.8, 4) is 0 Å². The summed E-state index contributed by atoms with van der Waals surface area (Å²) in [6.45, 7) is 8.54. The fourth-order valence-electron chi connectivity index (χ4n) is 2.14. The van der Waals surface area contributed by atoms with Crippen LogP contribution < -0.4 is 21.3 Å². The average Bonchev–Trinajstić information content (AvgIpc) is 2.86. The molecule has 2 bridgehead atoms. The Morgan fingerprint density at radius 3 is 1.63 bits per heavy atom. The van der Waals surface area contributed by atoms with Crippen LogP contribution in [0.25, 0.3) is 0 Å². The zero-order chi connectivity index (χ0) is 13.2. The van der Waals surface area contributed by atoms with Gasteiger partial charge < -0.3 is 21.3 Å². The summed E-state index contributed by atoms with van der Waals surface area (Å²) >= 11 is 1.92. The molecule has 0 amide bonds. The van der Waals surface area contributed by atoms with Gasteiger partial charge in [0.1, 0.15) is 0 Å². The number of rotatable bonds is 0. The SMILES string of the molecule is c1cc2sc1CNCCCNCCNCCCNC2. The van der Waals surface area contributed by atoms with Gasteiger partial charge in [0.25, 0.3) is 0 Å². The Bertz CT molecular complexity index is 309. The van der Waals surface area contributed by atoms with Crippen molar-refractivity contribution in [3.63, 3.8) is 0 Å². The highest BCUT2D eigenvalue weighted by atomic mass is 32.1. The number of hydrogen-bond donors (Lipinski definition) is 4. The molecule has 1 aliphatic rings. The highest BCUT2D eigenvalue weighted by molar-refractivity contribution is 7.11. The van der Waals surface area contributed by atoms with Crippen LogP contribution in [0.15, 0.2) is 12.1 Å². The third-order valence-corrected chi connectivity index (χ3v) is 4.29. The summed E-state index contributed by atoms with van der Waals surface area (Å²) in [5.74, 6) is 0. The van der Waals surface area contributed by atoms with Crippen LogP contribution in [0.4, 0.5) is 0 Å². The van der Waals surface area contributed by atoms with E-state index in [1.165, 1.54) is 22.6 Å². The zero-order valence-corrected chi connectivity index (χ0v) is 12.5. The predicted molar refractivity (Wildman–Crippen MR) is 82.7 cm³/mol. The van der Waals surface area contributed by atoms with Gasteiger partial charge in [0.05, 0.1) is 0 Å². The van der Waals surface area contributed by atoms with E-state index in [2.05, 4.69) is 33.4 Å². The molecule has 1 aromatic heterocycles. The van der Waals surface area contributed by atoms with Gasteiger partial charge in [-0.2, -0.15) is 0 Å². The molecule has 0 atom stereocenters. The molecule has 4 N–H and O–H groups in total. The van der Waals surface area contributed by atoms with Gasteiger partial charge in [0.15, 0.2) is 0 Å². The van der Waals surface area contributed by atoms with Gasteiger partial charge >= 0.3 is 0 Å². The summed E-state index contributed by atoms with van der Waals surface area (Å²) in [5.41, 5.74) is 0. The summed E-state index contributed by atoms with van der Waals surface area (Å²) in [5, 5.41) is 13.9. The number of hydrogen-bond acceptors (Lipinski definition) is 5. The lowest BCUT2D eigenvalue weighted by Crippen LogP contribution is -2.30. The van der Waals surface area contributed by atoms with Crippen LogP contribution in [-0.4, -0.2) is 39.3 Å². The van der Waals surface area contributed by atoms with Crippen LogP contribution in [-0.2, 0) is 13.1 Å². The minimum Gasteiger partial charge on any atom is -0.315 e. The van der Waals surface area contributed by atoms with Crippen molar-refractivity contribution in [1.29, 1.82) is 0 Å². The van der Waals surface area contributed by atoms with E-state index < -0.39 is 0 Å². The van der Waals surface area contributed by atoms with Crippen molar-refractivity contribution in [2.24, 2.45) is 0 Å². The fraction of sp³-hybridized carbons (Fsp3) is 0.714. The van der Waals surface area contributed by atoms with Crippen LogP contribution in [0.3, 0.4) is 0 Å². The minimum absolute atomic E-state index is 1.01. The molecule has 19 heavy (non-hydrogen) atoms. The number of thiophene rings is 1. The topological polar surface area (TPSA) is 48.1 Å². The monoisotopic (exact) mass is 282 g/mol. The first-order valence-electron chi connectivity index (χ1n) is 7.35. The van der Waals surface area contributed by atoms with Crippen LogP contribution in [0.2, 0.25) is 0 Å². The lowest BCUT2D eigenvalue weighted by atomic mass is 10.3. The van der Waals surface area contributed by atoms with Crippen molar-refractivity contribution in [1.82, 2.24) is 21.3 Å². The summed E-state index contributed by atoms with van der Waals surface area (Å²) in [7, 11) is 0. The van der Waals surface area contributed by atoms with Crippen molar-refractivity contribution in [2.75, 3.05) is 39.3 Å². The molecule has 0 fully saturated rings. The Balaban J connectivity index is 1.74. The summed E-state index contributed by atoms with van der Waals surface area (Å²) in [4.78, 5) is 2.88. The van der Waals surface area contributed by atoms with E-state index in [9.17, 15) is 0 Å². The third-order valence-electron chi connectivity index (χ3n) is 3.21. The number of nitrogens with one attached hydrogen (secondary N) is 4. The van der Waals surface area contributed by atoms with E-state index in [0.717, 1.165) is 52.4 Å². The molecule has 0 aliphatic carbocycles. The molecular formula is C14H26N4S. The normalized spacial score (nSPS) is 20.8. The Hall–Kier alpha value is -0.460. The van der Waals surface area contributed by atoms with Crippen LogP contribution >= 0.6 is 11.3 Å². The average molecular weight is 282 g/mol. The summed E-state index contributed by atoms with van der Waals surface area (Å²) in [6.07, 6.45) is 2.39. The second-order valence-corrected chi connectivity index (χ2v) is 6.18. The second kappa shape index (κ2) is 9.44. The Kier molecular flexibility index (Phi) is 7.43. The molecule has 5 heteroatoms. The lowest BCUT2D eigenvalue weighted by molar-refractivity contribution is 0.557. The van der Waals surface area contributed by atoms with E-state index in [4.69, 9.17) is 0 Å². The molecule has 0 saturated carbocycles. The highest BCUT2D eigenvalue weighted by Gasteiger charge is 2.00. The molecule has 0 radical (unpaired) electrons. The van der Waals surface area contributed by atoms with Crippen molar-refractivity contribution in [2.45, 2.75) is 25.9 Å². The maximum absolute atomic E-state index is 3.51. The largest absolute Gasteiger partial charge is 0.315 e. The molecule has 2 heterocycles. The molecule has 108 valence electrons. The molecule has 0 spiro atoms. The molecule has 0 saturated heterocycles. The number of fused-ring (bicyclic) bond motifs is 2. The first-order chi connectivity index (χ1) is 9.45. The minimum atomic E-state index is 1.01. The van der Waals surface area contributed by atoms with Crippen LogP contribution in [0.5, 0.6) is 0 Å². The highest BCUT2D eigenvalue weighted by Crippen LogP contribution is 2.15. The van der Waals surface area contributed by atoms with E-state index in [-0.39, 0.29) is 0 Å². The van der Waals surface area contributed by atoms with E-state index >= 15 is 0 Å². The maximum Gasteiger partial charge on any atom is 0.0299 e. The van der Waals surface area contributed by atoms with Crippen LogP contribution in [0, 0.1) is 0 Å². The van der Waals surface area contributed by atoms with E-state index in [1.807, 2.05) is 11.3 Å². The lowest BCUT2D eigenvalue weighted by Gasteiger charge is -2.07. The Morgan fingerprint density at radius 2 is 1.11 bits per heavy atom. The van der Waals surface area contributed by atoms with Gasteiger partial charge in [0, 0.05) is 35.9 Å². The predicted octanol–water partition coefficient (Wildman–Crippen LogP) is 0.900. The fourth-order valence-corrected chi connectivity index (χ4v) is 3.10. The maximum atomic E-state index is 3.51. The smallest absolute Gasteiger partial charge is 0.0299 e.